The molecule has 2 aromatic carbocycles. The fourth-order valence-corrected chi connectivity index (χ4v) is 3.44. The molecule has 6 nitrogen and oxygen atoms in total. The molecule has 4 rings (SSSR count). The number of carbonyl (C=O) groups excluding carboxylic acids is 1. The summed E-state index contributed by atoms with van der Waals surface area (Å²) in [7, 11) is 1.45. The van der Waals surface area contributed by atoms with Crippen molar-refractivity contribution in [3.8, 4) is 17.2 Å². The smallest absolute Gasteiger partial charge is 0.257 e. The monoisotopic (exact) mass is 372 g/mol. The number of benzene rings is 2. The first kappa shape index (κ1) is 17.6. The fourth-order valence-electron chi connectivity index (χ4n) is 3.44. The van der Waals surface area contributed by atoms with E-state index in [1.54, 1.807) is 24.3 Å². The molecule has 0 unspecified atom stereocenters. The van der Waals surface area contributed by atoms with Gasteiger partial charge in [0.05, 0.1) is 12.7 Å². The molecule has 0 aromatic heterocycles. The van der Waals surface area contributed by atoms with Crippen LogP contribution in [-0.4, -0.2) is 55.8 Å². The molecule has 0 spiro atoms. The van der Waals surface area contributed by atoms with E-state index < -0.39 is 0 Å². The second-order valence-corrected chi connectivity index (χ2v) is 6.58. The number of amides is 1. The third-order valence-corrected chi connectivity index (χ3v) is 4.91. The van der Waals surface area contributed by atoms with E-state index in [0.29, 0.717) is 36.7 Å². The number of fused-ring (bicyclic) bond motifs is 1. The molecule has 1 amide bonds. The van der Waals surface area contributed by atoms with Crippen molar-refractivity contribution in [2.45, 2.75) is 6.54 Å². The maximum absolute atomic E-state index is 13.9. The highest BCUT2D eigenvalue weighted by atomic mass is 19.1. The first-order valence-electron chi connectivity index (χ1n) is 8.88. The highest BCUT2D eigenvalue weighted by Gasteiger charge is 2.27. The second kappa shape index (κ2) is 7.44. The van der Waals surface area contributed by atoms with Crippen molar-refractivity contribution in [3.05, 3.63) is 53.3 Å². The Kier molecular flexibility index (Phi) is 4.85. The molecule has 2 aromatic rings. The van der Waals surface area contributed by atoms with Crippen LogP contribution in [0, 0.1) is 5.82 Å². The van der Waals surface area contributed by atoms with Crippen LogP contribution in [0.15, 0.2) is 36.4 Å². The summed E-state index contributed by atoms with van der Waals surface area (Å²) in [5.41, 5.74) is 1.43. The van der Waals surface area contributed by atoms with Gasteiger partial charge in [0.2, 0.25) is 6.79 Å². The van der Waals surface area contributed by atoms with Crippen molar-refractivity contribution < 1.29 is 23.4 Å². The van der Waals surface area contributed by atoms with Crippen molar-refractivity contribution >= 4 is 5.91 Å². The van der Waals surface area contributed by atoms with Crippen LogP contribution in [0.5, 0.6) is 17.2 Å². The summed E-state index contributed by atoms with van der Waals surface area (Å²) < 4.78 is 29.6. The molecule has 142 valence electrons. The van der Waals surface area contributed by atoms with Crippen LogP contribution in [-0.2, 0) is 6.54 Å². The van der Waals surface area contributed by atoms with Crippen molar-refractivity contribution in [2.24, 2.45) is 0 Å². The minimum absolute atomic E-state index is 0.0486. The molecule has 7 heteroatoms. The third-order valence-electron chi connectivity index (χ3n) is 4.91. The summed E-state index contributed by atoms with van der Waals surface area (Å²) in [5.74, 6) is 0.979. The molecular weight excluding hydrogens is 351 g/mol. The largest absolute Gasteiger partial charge is 0.494 e. The van der Waals surface area contributed by atoms with Gasteiger partial charge >= 0.3 is 0 Å². The lowest BCUT2D eigenvalue weighted by molar-refractivity contribution is 0.0624. The molecular formula is C20H21FN2O4. The summed E-state index contributed by atoms with van der Waals surface area (Å²) in [5, 5.41) is 0. The number of rotatable bonds is 4. The summed E-state index contributed by atoms with van der Waals surface area (Å²) in [6, 6.07) is 10.4. The average molecular weight is 372 g/mol. The van der Waals surface area contributed by atoms with E-state index in [0.717, 1.165) is 18.7 Å². The normalized spacial score (nSPS) is 16.4. The molecule has 2 aliphatic rings. The number of carbonyl (C=O) groups is 1. The van der Waals surface area contributed by atoms with Crippen LogP contribution >= 0.6 is 0 Å². The highest BCUT2D eigenvalue weighted by molar-refractivity contribution is 5.98. The van der Waals surface area contributed by atoms with Gasteiger partial charge in [-0.1, -0.05) is 12.1 Å². The van der Waals surface area contributed by atoms with Gasteiger partial charge in [-0.2, -0.15) is 0 Å². The van der Waals surface area contributed by atoms with Gasteiger partial charge in [-0.15, -0.1) is 0 Å². The molecule has 0 saturated carbocycles. The number of hydrogen-bond acceptors (Lipinski definition) is 5. The molecule has 0 bridgehead atoms. The minimum Gasteiger partial charge on any atom is -0.494 e. The summed E-state index contributed by atoms with van der Waals surface area (Å²) in [6.45, 7) is 3.47. The van der Waals surface area contributed by atoms with Crippen molar-refractivity contribution in [2.75, 3.05) is 40.1 Å². The van der Waals surface area contributed by atoms with Gasteiger partial charge in [-0.3, -0.25) is 9.69 Å². The van der Waals surface area contributed by atoms with Gasteiger partial charge in [0.25, 0.3) is 5.91 Å². The van der Waals surface area contributed by atoms with Gasteiger partial charge in [0, 0.05) is 32.7 Å². The number of hydrogen-bond donors (Lipinski definition) is 0. The van der Waals surface area contributed by atoms with Crippen LogP contribution in [0.1, 0.15) is 15.9 Å². The quantitative estimate of drug-likeness (QED) is 0.826. The van der Waals surface area contributed by atoms with Crippen LogP contribution in [0.4, 0.5) is 4.39 Å². The Morgan fingerprint density at radius 1 is 1.15 bits per heavy atom. The lowest BCUT2D eigenvalue weighted by Gasteiger charge is -2.35. The number of halogens is 1. The second-order valence-electron chi connectivity index (χ2n) is 6.58. The van der Waals surface area contributed by atoms with E-state index in [4.69, 9.17) is 14.2 Å². The highest BCUT2D eigenvalue weighted by Crippen LogP contribution is 2.36. The predicted molar refractivity (Wildman–Crippen MR) is 96.7 cm³/mol. The third kappa shape index (κ3) is 3.55. The average Bonchev–Trinajstić information content (AvgIpc) is 3.17. The maximum Gasteiger partial charge on any atom is 0.257 e. The van der Waals surface area contributed by atoms with E-state index in [2.05, 4.69) is 4.90 Å². The van der Waals surface area contributed by atoms with Gasteiger partial charge in [0.15, 0.2) is 23.1 Å². The summed E-state index contributed by atoms with van der Waals surface area (Å²) in [6.07, 6.45) is 0. The number of piperazine rings is 1. The zero-order chi connectivity index (χ0) is 18.8. The lowest BCUT2D eigenvalue weighted by Crippen LogP contribution is -2.48. The molecule has 2 aliphatic heterocycles. The Bertz CT molecular complexity index is 850. The first-order chi connectivity index (χ1) is 13.2. The van der Waals surface area contributed by atoms with Crippen LogP contribution in [0.3, 0.4) is 0 Å². The summed E-state index contributed by atoms with van der Waals surface area (Å²) >= 11 is 0. The Labute approximate surface area is 157 Å². The topological polar surface area (TPSA) is 51.2 Å². The fraction of sp³-hybridized carbons (Fsp3) is 0.350. The van der Waals surface area contributed by atoms with E-state index >= 15 is 0 Å². The molecule has 1 fully saturated rings. The standard InChI is InChI=1S/C20H21FN2O4/c1-25-17-6-5-14(11-16(17)21)12-22-7-9-23(10-8-22)20(24)15-3-2-4-18-19(15)27-13-26-18/h2-6,11H,7-10,12-13H2,1H3. The number of methoxy groups -OCH3 is 1. The first-order valence-corrected chi connectivity index (χ1v) is 8.88. The Morgan fingerprint density at radius 3 is 2.70 bits per heavy atom. The van der Waals surface area contributed by atoms with Gasteiger partial charge in [-0.05, 0) is 29.8 Å². The predicted octanol–water partition coefficient (Wildman–Crippen LogP) is 2.52. The SMILES string of the molecule is COc1ccc(CN2CCN(C(=O)c3cccc4c3OCO4)CC2)cc1F. The molecule has 1 saturated heterocycles. The number of ether oxygens (including phenoxy) is 3. The lowest BCUT2D eigenvalue weighted by atomic mass is 10.1. The van der Waals surface area contributed by atoms with Gasteiger partial charge in [-0.25, -0.2) is 4.39 Å². The maximum atomic E-state index is 13.9. The molecule has 27 heavy (non-hydrogen) atoms. The summed E-state index contributed by atoms with van der Waals surface area (Å²) in [4.78, 5) is 16.9. The van der Waals surface area contributed by atoms with Crippen molar-refractivity contribution in [1.82, 2.24) is 9.80 Å². The molecule has 0 radical (unpaired) electrons. The zero-order valence-electron chi connectivity index (χ0n) is 15.1. The number of nitrogens with zero attached hydrogens (tertiary/aromatic N) is 2. The Balaban J connectivity index is 1.37. The van der Waals surface area contributed by atoms with E-state index in [9.17, 15) is 9.18 Å². The van der Waals surface area contributed by atoms with Gasteiger partial charge < -0.3 is 19.1 Å². The molecule has 0 atom stereocenters. The van der Waals surface area contributed by atoms with Crippen LogP contribution in [0.25, 0.3) is 0 Å². The van der Waals surface area contributed by atoms with E-state index in [1.807, 2.05) is 11.0 Å². The van der Waals surface area contributed by atoms with Crippen LogP contribution in [0.2, 0.25) is 0 Å². The van der Waals surface area contributed by atoms with Crippen LogP contribution < -0.4 is 14.2 Å². The number of para-hydroxylation sites is 1. The van der Waals surface area contributed by atoms with E-state index in [-0.39, 0.29) is 24.3 Å². The van der Waals surface area contributed by atoms with Gasteiger partial charge in [0.1, 0.15) is 0 Å². The van der Waals surface area contributed by atoms with Crippen molar-refractivity contribution in [3.63, 3.8) is 0 Å². The Hall–Kier alpha value is -2.80. The Morgan fingerprint density at radius 2 is 1.96 bits per heavy atom. The minimum atomic E-state index is -0.357. The van der Waals surface area contributed by atoms with Crippen molar-refractivity contribution in [1.29, 1.82) is 0 Å². The molecule has 0 N–H and O–H groups in total. The molecule has 2 heterocycles. The molecule has 0 aliphatic carbocycles. The zero-order valence-corrected chi connectivity index (χ0v) is 15.1. The van der Waals surface area contributed by atoms with E-state index in [1.165, 1.54) is 13.2 Å².